The fraction of sp³-hybridized carbons (Fsp3) is 0.569. The van der Waals surface area contributed by atoms with E-state index in [9.17, 15) is 0 Å². The van der Waals surface area contributed by atoms with Crippen LogP contribution in [0.4, 0.5) is 5.69 Å². The summed E-state index contributed by atoms with van der Waals surface area (Å²) < 4.78 is 8.26. The van der Waals surface area contributed by atoms with Crippen molar-refractivity contribution < 1.29 is 4.74 Å². The molecule has 5 heterocycles. The zero-order chi connectivity index (χ0) is 59.2. The van der Waals surface area contributed by atoms with Gasteiger partial charge in [0.25, 0.3) is 0 Å². The Balaban J connectivity index is 0.000000817. The van der Waals surface area contributed by atoms with Gasteiger partial charge in [0.15, 0.2) is 0 Å². The van der Waals surface area contributed by atoms with Crippen LogP contribution in [0.5, 0.6) is 0 Å². The Bertz CT molecular complexity index is 2270. The molecule has 79 heavy (non-hydrogen) atoms. The molecule has 0 radical (unpaired) electrons. The predicted molar refractivity (Wildman–Crippen MR) is 359 cm³/mol. The van der Waals surface area contributed by atoms with Gasteiger partial charge in [-0.25, -0.2) is 5.43 Å². The summed E-state index contributed by atoms with van der Waals surface area (Å²) in [7, 11) is 6.20. The van der Waals surface area contributed by atoms with E-state index in [0.717, 1.165) is 55.9 Å². The number of nitrogens with zero attached hydrogens (tertiary/aromatic N) is 6. The Morgan fingerprint density at radius 1 is 0.873 bits per heavy atom. The number of rotatable bonds is 22. The van der Waals surface area contributed by atoms with Gasteiger partial charge in [0.2, 0.25) is 0 Å². The summed E-state index contributed by atoms with van der Waals surface area (Å²) in [6.45, 7) is 41.9. The average Bonchev–Trinajstić information content (AvgIpc) is 3.97. The molecule has 10 nitrogen and oxygen atoms in total. The predicted octanol–water partition coefficient (Wildman–Crippen LogP) is 15.7. The molecule has 14 heteroatoms. The second-order valence-corrected chi connectivity index (χ2v) is 25.4. The summed E-state index contributed by atoms with van der Waals surface area (Å²) >= 11 is 7.16. The number of ether oxygens (including phenoxy) is 1. The lowest BCUT2D eigenvalue weighted by atomic mass is 9.76. The summed E-state index contributed by atoms with van der Waals surface area (Å²) in [5, 5.41) is 14.4. The Morgan fingerprint density at radius 2 is 1.51 bits per heavy atom. The molecule has 1 aromatic heterocycles. The van der Waals surface area contributed by atoms with E-state index in [1.165, 1.54) is 78.1 Å². The third-order valence-electron chi connectivity index (χ3n) is 14.3. The quantitative estimate of drug-likeness (QED) is 0.0387. The molecular formula is C65H107N9OS4. The Hall–Kier alpha value is -3.92. The number of nitrogens with one attached hydrogen (secondary N) is 3. The number of fused-ring (bicyclic) bond motifs is 1. The minimum atomic E-state index is -0.114. The second-order valence-electron chi connectivity index (χ2n) is 21.8. The molecule has 3 aromatic rings. The van der Waals surface area contributed by atoms with Crippen molar-refractivity contribution in [1.82, 2.24) is 34.8 Å². The van der Waals surface area contributed by atoms with Gasteiger partial charge < -0.3 is 39.5 Å². The zero-order valence-corrected chi connectivity index (χ0v) is 55.3. The van der Waals surface area contributed by atoms with Crippen LogP contribution in [0.1, 0.15) is 128 Å². The van der Waals surface area contributed by atoms with Gasteiger partial charge in [0.1, 0.15) is 5.37 Å². The number of pyridine rings is 1. The van der Waals surface area contributed by atoms with Crippen molar-refractivity contribution in [2.24, 2.45) is 17.3 Å². The van der Waals surface area contributed by atoms with E-state index in [1.807, 2.05) is 81.9 Å². The highest BCUT2D eigenvalue weighted by Gasteiger charge is 2.48. The SMILES string of the molecule is C=C(CC)NC.C=CN1CCCC1.C=COCC(C)(C)CC1c2cc(-c3cccc(CC(C(=C)N4CCCCN4)C4SN4C(=C)C(C(C)C)N(C)C)c3)ccc2N(CC)C1c1cccnc1C(=N)CC.CSC.CSC.CSC. The Labute approximate surface area is 500 Å². The number of hydrogen-bond donors (Lipinski definition) is 3. The minimum absolute atomic E-state index is 0.0527. The smallest absolute Gasteiger partial charge is 0.114 e. The minimum Gasteiger partial charge on any atom is -0.501 e. The van der Waals surface area contributed by atoms with Gasteiger partial charge >= 0.3 is 0 Å². The zero-order valence-electron chi connectivity index (χ0n) is 52.1. The van der Waals surface area contributed by atoms with E-state index >= 15 is 0 Å². The Morgan fingerprint density at radius 3 is 2.01 bits per heavy atom. The first kappa shape index (κ1) is 71.2. The van der Waals surface area contributed by atoms with Gasteiger partial charge in [0, 0.05) is 86.1 Å². The topological polar surface area (TPSA) is 86.0 Å². The highest BCUT2D eigenvalue weighted by atomic mass is 32.2. The molecule has 7 rings (SSSR count). The number of allylic oxidation sites excluding steroid dienone is 1. The first-order chi connectivity index (χ1) is 37.8. The third-order valence-corrected chi connectivity index (χ3v) is 15.5. The first-order valence-electron chi connectivity index (χ1n) is 28.5. The maximum atomic E-state index is 8.88. The fourth-order valence-electron chi connectivity index (χ4n) is 10.5. The second kappa shape index (κ2) is 38.0. The summed E-state index contributed by atoms with van der Waals surface area (Å²) in [6, 6.07) is 20.8. The van der Waals surface area contributed by atoms with Crippen LogP contribution in [0.3, 0.4) is 0 Å². The maximum absolute atomic E-state index is 8.88. The van der Waals surface area contributed by atoms with E-state index in [-0.39, 0.29) is 34.7 Å². The lowest BCUT2D eigenvalue weighted by Crippen LogP contribution is -2.45. The number of anilines is 1. The highest BCUT2D eigenvalue weighted by Crippen LogP contribution is 2.55. The standard InChI is InChI=1S/C48H67N7OS.C6H11N.C5H11N.3C2H6S/c1-12-42(49)44-38(21-18-24-50-44)46-41(30-48(8,9)31-56-14-3)40-29-37(22-23-43(40)53(46)13-2)36-20-17-19-35(27-36)28-39(33(6)54-26-16-15-25-51-54)47-55(57-47)34(7)45(32(4)5)52(10)11;1-2-7-5-3-4-6-7;1-4-5(2)6-3;3*1-3-2/h14,17-24,27,29,32,39,41,45-47,49,51H,3,6-7,12-13,15-16,25-26,28,30-31H2,1-2,4-5,8-11H3;2H,1,3-6H2;6H,2,4H2,1,3H3;3*1-2H3. The van der Waals surface area contributed by atoms with Crippen molar-refractivity contribution in [3.05, 3.63) is 146 Å². The van der Waals surface area contributed by atoms with Crippen molar-refractivity contribution in [3.63, 3.8) is 0 Å². The van der Waals surface area contributed by atoms with Crippen LogP contribution in [0.25, 0.3) is 11.1 Å². The molecule has 4 aliphatic heterocycles. The summed E-state index contributed by atoms with van der Waals surface area (Å²) in [5.41, 5.74) is 15.9. The van der Waals surface area contributed by atoms with Gasteiger partial charge in [-0.2, -0.15) is 35.3 Å². The number of hydrazine groups is 1. The number of hydrogen-bond acceptors (Lipinski definition) is 14. The molecule has 5 atom stereocenters. The van der Waals surface area contributed by atoms with Crippen molar-refractivity contribution in [3.8, 4) is 11.1 Å². The molecule has 442 valence electrons. The molecule has 0 aliphatic carbocycles. The number of thioether (sulfide) groups is 3. The molecule has 0 bridgehead atoms. The van der Waals surface area contributed by atoms with Gasteiger partial charge in [-0.15, -0.1) is 0 Å². The number of aromatic nitrogens is 1. The summed E-state index contributed by atoms with van der Waals surface area (Å²) in [6.07, 6.45) is 26.1. The van der Waals surface area contributed by atoms with Crippen molar-refractivity contribution >= 4 is 58.6 Å². The monoisotopic (exact) mass is 1160 g/mol. The van der Waals surface area contributed by atoms with Crippen LogP contribution < -0.4 is 15.6 Å². The van der Waals surface area contributed by atoms with Crippen LogP contribution in [-0.4, -0.2) is 139 Å². The molecule has 0 saturated carbocycles. The highest BCUT2D eigenvalue weighted by molar-refractivity contribution is 8.04. The Kier molecular flexibility index (Phi) is 34.2. The summed E-state index contributed by atoms with van der Waals surface area (Å²) in [4.78, 5) is 11.9. The molecular weight excluding hydrogens is 1050 g/mol. The maximum Gasteiger partial charge on any atom is 0.114 e. The van der Waals surface area contributed by atoms with Crippen molar-refractivity contribution in [2.45, 2.75) is 123 Å². The molecule has 2 aromatic carbocycles. The van der Waals surface area contributed by atoms with Gasteiger partial charge in [0.05, 0.1) is 36.4 Å². The number of likely N-dealkylation sites (tertiary alicyclic amines) is 1. The first-order valence-corrected chi connectivity index (χ1v) is 34.2. The van der Waals surface area contributed by atoms with E-state index in [0.29, 0.717) is 24.7 Å². The van der Waals surface area contributed by atoms with E-state index in [4.69, 9.17) is 21.7 Å². The molecule has 0 amide bonds. The van der Waals surface area contributed by atoms with Crippen LogP contribution in [0.15, 0.2) is 123 Å². The van der Waals surface area contributed by atoms with Gasteiger partial charge in [-0.1, -0.05) is 111 Å². The van der Waals surface area contributed by atoms with Crippen LogP contribution in [-0.2, 0) is 11.2 Å². The molecule has 3 N–H and O–H groups in total. The van der Waals surface area contributed by atoms with Crippen LogP contribution in [0, 0.1) is 22.7 Å². The lowest BCUT2D eigenvalue weighted by molar-refractivity contribution is 0.120. The van der Waals surface area contributed by atoms with E-state index in [2.05, 4.69) is 165 Å². The van der Waals surface area contributed by atoms with Crippen LogP contribution >= 0.6 is 47.2 Å². The van der Waals surface area contributed by atoms with Gasteiger partial charge in [-0.3, -0.25) is 4.98 Å². The molecule has 4 aliphatic rings. The van der Waals surface area contributed by atoms with Crippen molar-refractivity contribution in [2.75, 3.05) is 103 Å². The molecule has 0 spiro atoms. The molecule has 5 unspecified atom stereocenters. The number of benzene rings is 2. The van der Waals surface area contributed by atoms with Crippen molar-refractivity contribution in [1.29, 1.82) is 5.41 Å². The normalized spacial score (nSPS) is 17.8. The third kappa shape index (κ3) is 22.4. The molecule has 3 fully saturated rings. The molecule has 3 saturated heterocycles. The van der Waals surface area contributed by atoms with Gasteiger partial charge in [-0.05, 0) is 180 Å². The van der Waals surface area contributed by atoms with Crippen LogP contribution in [0.2, 0.25) is 0 Å². The summed E-state index contributed by atoms with van der Waals surface area (Å²) in [5.74, 6) is 0.860. The number of likely N-dealkylation sites (N-methyl/N-ethyl adjacent to an activating group) is 2. The fourth-order valence-corrected chi connectivity index (χ4v) is 11.6. The largest absolute Gasteiger partial charge is 0.501 e. The van der Waals surface area contributed by atoms with E-state index in [1.54, 1.807) is 41.5 Å². The lowest BCUT2D eigenvalue weighted by Gasteiger charge is -2.35. The van der Waals surface area contributed by atoms with E-state index < -0.39 is 0 Å². The average molecular weight is 1160 g/mol.